The van der Waals surface area contributed by atoms with E-state index in [1.807, 2.05) is 43.3 Å². The molecule has 2 aromatic heterocycles. The number of para-hydroxylation sites is 1. The molecule has 0 aliphatic carbocycles. The Labute approximate surface area is 180 Å². The maximum absolute atomic E-state index is 13.1. The summed E-state index contributed by atoms with van der Waals surface area (Å²) in [5.74, 6) is -0.0637. The molecule has 0 bridgehead atoms. The van der Waals surface area contributed by atoms with E-state index in [9.17, 15) is 9.59 Å². The summed E-state index contributed by atoms with van der Waals surface area (Å²) in [6.45, 7) is 1.95. The number of aryl methyl sites for hydroxylation is 1. The Balaban J connectivity index is 1.64. The summed E-state index contributed by atoms with van der Waals surface area (Å²) >= 11 is 8.58. The second kappa shape index (κ2) is 8.41. The van der Waals surface area contributed by atoms with Crippen LogP contribution in [0.2, 0.25) is 5.02 Å². The van der Waals surface area contributed by atoms with Gasteiger partial charge in [0.2, 0.25) is 5.91 Å². The Morgan fingerprint density at radius 1 is 1.17 bits per heavy atom. The molecule has 146 valence electrons. The molecule has 4 rings (SSSR count). The number of fused-ring (bicyclic) bond motifs is 1. The summed E-state index contributed by atoms with van der Waals surface area (Å²) in [6.07, 6.45) is 0. The third-order valence-corrected chi connectivity index (χ3v) is 6.27. The summed E-state index contributed by atoms with van der Waals surface area (Å²) in [6, 6.07) is 18.1. The van der Waals surface area contributed by atoms with E-state index in [-0.39, 0.29) is 17.2 Å². The number of benzene rings is 2. The van der Waals surface area contributed by atoms with E-state index in [2.05, 4.69) is 10.3 Å². The number of hydrogen-bond donors (Lipinski definition) is 1. The molecule has 4 aromatic rings. The number of thioether (sulfide) groups is 1. The maximum Gasteiger partial charge on any atom is 0.267 e. The van der Waals surface area contributed by atoms with Gasteiger partial charge in [0.05, 0.1) is 16.8 Å². The van der Waals surface area contributed by atoms with E-state index in [1.54, 1.807) is 28.8 Å². The number of anilines is 1. The van der Waals surface area contributed by atoms with E-state index >= 15 is 0 Å². The van der Waals surface area contributed by atoms with Crippen LogP contribution in [-0.2, 0) is 4.79 Å². The van der Waals surface area contributed by atoms with Crippen LogP contribution in [0.15, 0.2) is 70.6 Å². The van der Waals surface area contributed by atoms with Gasteiger partial charge in [0.15, 0.2) is 5.16 Å². The number of nitrogens with one attached hydrogen (secondary N) is 1. The van der Waals surface area contributed by atoms with Crippen LogP contribution >= 0.6 is 34.7 Å². The number of carbonyl (C=O) groups is 1. The summed E-state index contributed by atoms with van der Waals surface area (Å²) in [4.78, 5) is 31.9. The molecule has 0 aliphatic heterocycles. The lowest BCUT2D eigenvalue weighted by Crippen LogP contribution is -2.22. The Bertz CT molecular complexity index is 1230. The fourth-order valence-electron chi connectivity index (χ4n) is 2.84. The van der Waals surface area contributed by atoms with Gasteiger partial charge >= 0.3 is 0 Å². The highest BCUT2D eigenvalue weighted by Gasteiger charge is 2.16. The van der Waals surface area contributed by atoms with E-state index in [0.29, 0.717) is 26.1 Å². The lowest BCUT2D eigenvalue weighted by atomic mass is 10.3. The van der Waals surface area contributed by atoms with Gasteiger partial charge in [-0.05, 0) is 49.4 Å². The number of aromatic nitrogens is 2. The van der Waals surface area contributed by atoms with Gasteiger partial charge in [-0.25, -0.2) is 4.98 Å². The Hall–Kier alpha value is -2.61. The van der Waals surface area contributed by atoms with Crippen LogP contribution in [0, 0.1) is 6.92 Å². The number of hydrogen-bond acceptors (Lipinski definition) is 5. The minimum Gasteiger partial charge on any atom is -0.325 e. The van der Waals surface area contributed by atoms with Gasteiger partial charge in [-0.2, -0.15) is 0 Å². The lowest BCUT2D eigenvalue weighted by Gasteiger charge is -2.12. The molecule has 1 N–H and O–H groups in total. The quantitative estimate of drug-likeness (QED) is 0.344. The van der Waals surface area contributed by atoms with Gasteiger partial charge in [0, 0.05) is 15.6 Å². The summed E-state index contributed by atoms with van der Waals surface area (Å²) in [5, 5.41) is 4.51. The largest absolute Gasteiger partial charge is 0.325 e. The van der Waals surface area contributed by atoms with Crippen molar-refractivity contribution < 1.29 is 4.79 Å². The van der Waals surface area contributed by atoms with Crippen LogP contribution in [0.1, 0.15) is 4.88 Å². The highest BCUT2D eigenvalue weighted by Crippen LogP contribution is 2.26. The Morgan fingerprint density at radius 3 is 2.62 bits per heavy atom. The monoisotopic (exact) mass is 441 g/mol. The predicted molar refractivity (Wildman–Crippen MR) is 121 cm³/mol. The second-order valence-corrected chi connectivity index (χ2v) is 8.90. The van der Waals surface area contributed by atoms with Crippen molar-refractivity contribution in [3.63, 3.8) is 0 Å². The molecule has 0 unspecified atom stereocenters. The first-order chi connectivity index (χ1) is 14.0. The minimum absolute atomic E-state index is 0.123. The Kier molecular flexibility index (Phi) is 5.71. The predicted octanol–water partition coefficient (Wildman–Crippen LogP) is 5.14. The average Bonchev–Trinajstić information content (AvgIpc) is 3.09. The van der Waals surface area contributed by atoms with Gasteiger partial charge in [-0.3, -0.25) is 14.2 Å². The minimum atomic E-state index is -0.186. The molecule has 0 spiro atoms. The van der Waals surface area contributed by atoms with Crippen molar-refractivity contribution in [2.24, 2.45) is 0 Å². The van der Waals surface area contributed by atoms with Crippen molar-refractivity contribution in [1.82, 2.24) is 9.55 Å². The molecule has 0 atom stereocenters. The van der Waals surface area contributed by atoms with Gasteiger partial charge in [-0.1, -0.05) is 41.6 Å². The van der Waals surface area contributed by atoms with Crippen molar-refractivity contribution in [2.75, 3.05) is 11.1 Å². The number of thiophene rings is 1. The van der Waals surface area contributed by atoms with Crippen LogP contribution < -0.4 is 10.9 Å². The summed E-state index contributed by atoms with van der Waals surface area (Å²) < 4.78 is 1.56. The molecule has 8 heteroatoms. The van der Waals surface area contributed by atoms with Crippen LogP contribution in [0.4, 0.5) is 5.69 Å². The number of nitrogens with zero attached hydrogens (tertiary/aromatic N) is 2. The molecule has 0 aliphatic rings. The van der Waals surface area contributed by atoms with Crippen LogP contribution in [0.25, 0.3) is 15.9 Å². The fraction of sp³-hybridized carbons (Fsp3) is 0.0952. The third kappa shape index (κ3) is 4.37. The molecular formula is C21H16ClN3O2S2. The van der Waals surface area contributed by atoms with E-state index in [4.69, 9.17) is 11.6 Å². The van der Waals surface area contributed by atoms with Gasteiger partial charge < -0.3 is 5.32 Å². The Morgan fingerprint density at radius 2 is 1.90 bits per heavy atom. The first kappa shape index (κ1) is 19.7. The van der Waals surface area contributed by atoms with Crippen LogP contribution in [0.3, 0.4) is 0 Å². The average molecular weight is 442 g/mol. The number of halogens is 1. The summed E-state index contributed by atoms with van der Waals surface area (Å²) in [5.41, 5.74) is 1.25. The van der Waals surface area contributed by atoms with Crippen LogP contribution in [-0.4, -0.2) is 21.2 Å². The molecule has 2 heterocycles. The molecule has 1 amide bonds. The number of amides is 1. The number of carbonyl (C=O) groups excluding carboxylic acids is 1. The molecule has 5 nitrogen and oxygen atoms in total. The molecular weight excluding hydrogens is 426 g/mol. The molecule has 0 fully saturated rings. The van der Waals surface area contributed by atoms with Gasteiger partial charge in [-0.15, -0.1) is 11.3 Å². The zero-order valence-corrected chi connectivity index (χ0v) is 17.8. The van der Waals surface area contributed by atoms with Gasteiger partial charge in [0.1, 0.15) is 4.83 Å². The smallest absolute Gasteiger partial charge is 0.267 e. The normalized spacial score (nSPS) is 11.0. The van der Waals surface area contributed by atoms with E-state index in [0.717, 1.165) is 10.6 Å². The van der Waals surface area contributed by atoms with Crippen molar-refractivity contribution in [2.45, 2.75) is 12.1 Å². The standard InChI is InChI=1S/C21H16ClN3O2S2/c1-13-11-17-19(29-13)24-21(25(20(17)27)16-5-3-2-4-6-16)28-12-18(26)23-15-9-7-14(22)8-10-15/h2-11H,12H2,1H3,(H,23,26). The maximum atomic E-state index is 13.1. The molecule has 29 heavy (non-hydrogen) atoms. The van der Waals surface area contributed by atoms with E-state index < -0.39 is 0 Å². The summed E-state index contributed by atoms with van der Waals surface area (Å²) in [7, 11) is 0. The zero-order valence-electron chi connectivity index (χ0n) is 15.4. The van der Waals surface area contributed by atoms with E-state index in [1.165, 1.54) is 23.1 Å². The first-order valence-electron chi connectivity index (χ1n) is 8.78. The number of rotatable bonds is 5. The highest BCUT2D eigenvalue weighted by atomic mass is 35.5. The van der Waals surface area contributed by atoms with Crippen molar-refractivity contribution in [3.05, 3.63) is 80.9 Å². The van der Waals surface area contributed by atoms with Gasteiger partial charge in [0.25, 0.3) is 5.56 Å². The SMILES string of the molecule is Cc1cc2c(=O)n(-c3ccccc3)c(SCC(=O)Nc3ccc(Cl)cc3)nc2s1. The third-order valence-electron chi connectivity index (χ3n) is 4.13. The first-order valence-corrected chi connectivity index (χ1v) is 11.0. The molecule has 0 radical (unpaired) electrons. The van der Waals surface area contributed by atoms with Crippen molar-refractivity contribution >= 4 is 56.5 Å². The fourth-order valence-corrected chi connectivity index (χ4v) is 4.70. The second-order valence-electron chi connectivity index (χ2n) is 6.29. The molecule has 0 saturated heterocycles. The molecule has 2 aromatic carbocycles. The lowest BCUT2D eigenvalue weighted by molar-refractivity contribution is -0.113. The van der Waals surface area contributed by atoms with Crippen molar-refractivity contribution in [1.29, 1.82) is 0 Å². The highest BCUT2D eigenvalue weighted by molar-refractivity contribution is 7.99. The molecule has 0 saturated carbocycles. The zero-order chi connectivity index (χ0) is 20.4. The topological polar surface area (TPSA) is 64.0 Å². The van der Waals surface area contributed by atoms with Crippen molar-refractivity contribution in [3.8, 4) is 5.69 Å². The van der Waals surface area contributed by atoms with Crippen LogP contribution in [0.5, 0.6) is 0 Å².